The second-order valence-corrected chi connectivity index (χ2v) is 5.69. The first-order chi connectivity index (χ1) is 11.0. The Morgan fingerprint density at radius 3 is 2.52 bits per heavy atom. The van der Waals surface area contributed by atoms with E-state index in [1.807, 2.05) is 30.3 Å². The van der Waals surface area contributed by atoms with E-state index in [2.05, 4.69) is 45.4 Å². The Morgan fingerprint density at radius 2 is 1.91 bits per heavy atom. The molecule has 7 heteroatoms. The topological polar surface area (TPSA) is 73.5 Å². The van der Waals surface area contributed by atoms with Crippen LogP contribution in [0.4, 0.5) is 5.82 Å². The summed E-state index contributed by atoms with van der Waals surface area (Å²) in [6.45, 7) is 9.59. The van der Waals surface area contributed by atoms with Crippen molar-refractivity contribution in [3.63, 3.8) is 0 Å². The number of aryl methyl sites for hydroxylation is 5. The molecule has 7 nitrogen and oxygen atoms in total. The molecule has 0 spiro atoms. The maximum absolute atomic E-state index is 4.68. The van der Waals surface area contributed by atoms with Crippen LogP contribution < -0.4 is 5.32 Å². The lowest BCUT2D eigenvalue weighted by molar-refractivity contribution is 0.675. The summed E-state index contributed by atoms with van der Waals surface area (Å²) in [6.07, 6.45) is 0.798. The minimum atomic E-state index is 0.667. The fourth-order valence-electron chi connectivity index (χ4n) is 2.79. The van der Waals surface area contributed by atoms with Gasteiger partial charge in [-0.1, -0.05) is 6.92 Å². The predicted octanol–water partition coefficient (Wildman–Crippen LogP) is 2.37. The highest BCUT2D eigenvalue weighted by Gasteiger charge is 2.15. The van der Waals surface area contributed by atoms with Crippen LogP contribution in [0.5, 0.6) is 0 Å². The van der Waals surface area contributed by atoms with Crippen molar-refractivity contribution >= 4 is 16.9 Å². The van der Waals surface area contributed by atoms with E-state index in [1.165, 1.54) is 0 Å². The molecular formula is C16H23N7. The van der Waals surface area contributed by atoms with Gasteiger partial charge in [0.05, 0.1) is 23.6 Å². The summed E-state index contributed by atoms with van der Waals surface area (Å²) in [4.78, 5) is 9.33. The zero-order valence-corrected chi connectivity index (χ0v) is 14.4. The van der Waals surface area contributed by atoms with Gasteiger partial charge in [-0.2, -0.15) is 10.2 Å². The van der Waals surface area contributed by atoms with Crippen LogP contribution in [-0.4, -0.2) is 29.5 Å². The van der Waals surface area contributed by atoms with E-state index in [4.69, 9.17) is 0 Å². The molecule has 0 aliphatic heterocycles. The van der Waals surface area contributed by atoms with E-state index in [-0.39, 0.29) is 0 Å². The largest absolute Gasteiger partial charge is 0.363 e. The molecule has 3 heterocycles. The van der Waals surface area contributed by atoms with Gasteiger partial charge < -0.3 is 5.32 Å². The Hall–Kier alpha value is -2.44. The molecule has 0 radical (unpaired) electrons. The van der Waals surface area contributed by atoms with Gasteiger partial charge in [-0.15, -0.1) is 0 Å². The quantitative estimate of drug-likeness (QED) is 0.783. The van der Waals surface area contributed by atoms with Crippen LogP contribution in [0, 0.1) is 13.8 Å². The third-order valence-electron chi connectivity index (χ3n) is 3.95. The Balaban J connectivity index is 2.02. The van der Waals surface area contributed by atoms with Crippen LogP contribution in [0.1, 0.15) is 36.8 Å². The molecule has 0 aliphatic carbocycles. The maximum Gasteiger partial charge on any atom is 0.156 e. The van der Waals surface area contributed by atoms with Gasteiger partial charge >= 0.3 is 0 Å². The molecule has 1 N–H and O–H groups in total. The lowest BCUT2D eigenvalue weighted by atomic mass is 10.3. The zero-order valence-electron chi connectivity index (χ0n) is 14.4. The van der Waals surface area contributed by atoms with E-state index >= 15 is 0 Å². The zero-order chi connectivity index (χ0) is 16.6. The Kier molecular flexibility index (Phi) is 4.02. The van der Waals surface area contributed by atoms with Crippen molar-refractivity contribution in [3.05, 3.63) is 29.0 Å². The van der Waals surface area contributed by atoms with Crippen LogP contribution in [-0.2, 0) is 26.6 Å². The minimum Gasteiger partial charge on any atom is -0.363 e. The molecule has 0 saturated heterocycles. The van der Waals surface area contributed by atoms with Gasteiger partial charge in [0.1, 0.15) is 16.9 Å². The van der Waals surface area contributed by atoms with Crippen molar-refractivity contribution in [2.45, 2.75) is 47.2 Å². The average molecular weight is 313 g/mol. The third kappa shape index (κ3) is 2.78. The molecule has 0 fully saturated rings. The van der Waals surface area contributed by atoms with E-state index in [0.717, 1.165) is 52.7 Å². The SMILES string of the molecule is CCc1nc(NCc2cc(C)nn2C)c2c(n1)c(C)nn2CC. The molecule has 3 aromatic heterocycles. The summed E-state index contributed by atoms with van der Waals surface area (Å²) in [5.74, 6) is 1.67. The summed E-state index contributed by atoms with van der Waals surface area (Å²) in [6, 6.07) is 2.08. The van der Waals surface area contributed by atoms with Gasteiger partial charge in [0.25, 0.3) is 0 Å². The Morgan fingerprint density at radius 1 is 1.13 bits per heavy atom. The summed E-state index contributed by atoms with van der Waals surface area (Å²) in [7, 11) is 1.96. The number of fused-ring (bicyclic) bond motifs is 1. The highest BCUT2D eigenvalue weighted by Crippen LogP contribution is 2.24. The second kappa shape index (κ2) is 5.98. The van der Waals surface area contributed by atoms with Crippen LogP contribution in [0.15, 0.2) is 6.07 Å². The van der Waals surface area contributed by atoms with Crippen molar-refractivity contribution in [3.8, 4) is 0 Å². The number of nitrogens with one attached hydrogen (secondary N) is 1. The van der Waals surface area contributed by atoms with Crippen LogP contribution >= 0.6 is 0 Å². The van der Waals surface area contributed by atoms with Crippen molar-refractivity contribution in [1.82, 2.24) is 29.5 Å². The highest BCUT2D eigenvalue weighted by molar-refractivity contribution is 5.87. The average Bonchev–Trinajstić information content (AvgIpc) is 3.04. The number of anilines is 1. The van der Waals surface area contributed by atoms with Gasteiger partial charge in [0.15, 0.2) is 5.82 Å². The van der Waals surface area contributed by atoms with Gasteiger partial charge in [0.2, 0.25) is 0 Å². The lowest BCUT2D eigenvalue weighted by Gasteiger charge is -2.10. The fourth-order valence-corrected chi connectivity index (χ4v) is 2.79. The molecule has 3 rings (SSSR count). The van der Waals surface area contributed by atoms with Crippen LogP contribution in [0.25, 0.3) is 11.0 Å². The Labute approximate surface area is 135 Å². The predicted molar refractivity (Wildman–Crippen MR) is 90.4 cm³/mol. The molecular weight excluding hydrogens is 290 g/mol. The van der Waals surface area contributed by atoms with E-state index in [1.54, 1.807) is 0 Å². The number of hydrogen-bond donors (Lipinski definition) is 1. The number of aromatic nitrogens is 6. The van der Waals surface area contributed by atoms with Crippen molar-refractivity contribution in [2.75, 3.05) is 5.32 Å². The monoisotopic (exact) mass is 313 g/mol. The summed E-state index contributed by atoms with van der Waals surface area (Å²) < 4.78 is 3.85. The lowest BCUT2D eigenvalue weighted by Crippen LogP contribution is -2.10. The third-order valence-corrected chi connectivity index (χ3v) is 3.95. The summed E-state index contributed by atoms with van der Waals surface area (Å²) in [5.41, 5.74) is 4.98. The molecule has 0 aromatic carbocycles. The first-order valence-electron chi connectivity index (χ1n) is 8.00. The van der Waals surface area contributed by atoms with Gasteiger partial charge in [-0.05, 0) is 26.8 Å². The Bertz CT molecular complexity index is 844. The second-order valence-electron chi connectivity index (χ2n) is 5.69. The minimum absolute atomic E-state index is 0.667. The van der Waals surface area contributed by atoms with Gasteiger partial charge in [-0.3, -0.25) is 9.36 Å². The standard InChI is InChI=1S/C16H23N7/c1-6-13-18-14-11(4)21-23(7-2)15(14)16(19-13)17-9-12-8-10(3)20-22(12)5/h8H,6-7,9H2,1-5H3,(H,17,18,19). The number of hydrogen-bond acceptors (Lipinski definition) is 5. The number of nitrogens with zero attached hydrogens (tertiary/aromatic N) is 6. The smallest absolute Gasteiger partial charge is 0.156 e. The van der Waals surface area contributed by atoms with Gasteiger partial charge in [0, 0.05) is 20.0 Å². The summed E-state index contributed by atoms with van der Waals surface area (Å²) in [5, 5.41) is 12.4. The van der Waals surface area contributed by atoms with Crippen molar-refractivity contribution in [1.29, 1.82) is 0 Å². The van der Waals surface area contributed by atoms with Gasteiger partial charge in [-0.25, -0.2) is 9.97 Å². The fraction of sp³-hybridized carbons (Fsp3) is 0.500. The molecule has 0 aliphatic rings. The van der Waals surface area contributed by atoms with Crippen molar-refractivity contribution in [2.24, 2.45) is 7.05 Å². The van der Waals surface area contributed by atoms with Crippen LogP contribution in [0.3, 0.4) is 0 Å². The summed E-state index contributed by atoms with van der Waals surface area (Å²) >= 11 is 0. The molecule has 0 amide bonds. The molecule has 0 saturated carbocycles. The maximum atomic E-state index is 4.68. The normalized spacial score (nSPS) is 11.3. The molecule has 0 bridgehead atoms. The first-order valence-corrected chi connectivity index (χ1v) is 8.00. The molecule has 3 aromatic rings. The molecule has 122 valence electrons. The van der Waals surface area contributed by atoms with E-state index in [0.29, 0.717) is 6.54 Å². The van der Waals surface area contributed by atoms with E-state index < -0.39 is 0 Å². The first kappa shape index (κ1) is 15.5. The highest BCUT2D eigenvalue weighted by atomic mass is 15.3. The van der Waals surface area contributed by atoms with Crippen LogP contribution in [0.2, 0.25) is 0 Å². The molecule has 0 atom stereocenters. The molecule has 0 unspecified atom stereocenters. The number of rotatable bonds is 5. The van der Waals surface area contributed by atoms with Crippen molar-refractivity contribution < 1.29 is 0 Å². The molecule has 23 heavy (non-hydrogen) atoms. The van der Waals surface area contributed by atoms with E-state index in [9.17, 15) is 0 Å².